The van der Waals surface area contributed by atoms with E-state index in [1.165, 1.54) is 0 Å². The summed E-state index contributed by atoms with van der Waals surface area (Å²) in [5.41, 5.74) is 0.856. The van der Waals surface area contributed by atoms with E-state index < -0.39 is 12.6 Å². The number of rotatable bonds is 7. The molecule has 0 fully saturated rings. The van der Waals surface area contributed by atoms with Crippen LogP contribution >= 0.6 is 35.6 Å². The number of nitrogens with one attached hydrogen (secondary N) is 2. The minimum absolute atomic E-state index is 0. The number of aliphatic imine (C=N–C) groups is 1. The number of guanidine groups is 1. The maximum Gasteiger partial charge on any atom is 0.390 e. The molecule has 0 saturated heterocycles. The quantitative estimate of drug-likeness (QED) is 0.351. The Bertz CT molecular complexity index is 515. The molecule has 0 spiro atoms. The van der Waals surface area contributed by atoms with Crippen molar-refractivity contribution in [1.82, 2.24) is 10.6 Å². The highest BCUT2D eigenvalue weighted by atomic mass is 127. The highest BCUT2D eigenvalue weighted by Gasteiger charge is 2.26. The first-order valence-corrected chi connectivity index (χ1v) is 7.60. The SMILES string of the molecule is CCNC(=NCC(OC)c1cccc(Cl)c1)NCCC(F)(F)F.I. The summed E-state index contributed by atoms with van der Waals surface area (Å²) >= 11 is 5.95. The van der Waals surface area contributed by atoms with Crippen molar-refractivity contribution < 1.29 is 17.9 Å². The van der Waals surface area contributed by atoms with Gasteiger partial charge >= 0.3 is 6.18 Å². The Balaban J connectivity index is 0.00000529. The zero-order chi connectivity index (χ0) is 17.3. The van der Waals surface area contributed by atoms with Crippen LogP contribution in [-0.2, 0) is 4.74 Å². The second-order valence-electron chi connectivity index (χ2n) is 4.79. The molecule has 0 heterocycles. The van der Waals surface area contributed by atoms with Crippen molar-refractivity contribution in [2.45, 2.75) is 25.6 Å². The number of alkyl halides is 3. The molecule has 0 saturated carbocycles. The molecule has 1 aromatic carbocycles. The fraction of sp³-hybridized carbons (Fsp3) is 0.533. The molecule has 0 aliphatic carbocycles. The Morgan fingerprint density at radius 3 is 2.58 bits per heavy atom. The van der Waals surface area contributed by atoms with Crippen LogP contribution in [0.3, 0.4) is 0 Å². The van der Waals surface area contributed by atoms with E-state index in [1.807, 2.05) is 13.0 Å². The average molecular weight is 480 g/mol. The zero-order valence-electron chi connectivity index (χ0n) is 13.5. The summed E-state index contributed by atoms with van der Waals surface area (Å²) in [6.45, 7) is 2.42. The fourth-order valence-electron chi connectivity index (χ4n) is 1.86. The number of nitrogens with zero attached hydrogens (tertiary/aromatic N) is 1. The summed E-state index contributed by atoms with van der Waals surface area (Å²) in [5.74, 6) is 0.320. The lowest BCUT2D eigenvalue weighted by atomic mass is 10.1. The van der Waals surface area contributed by atoms with E-state index in [9.17, 15) is 13.2 Å². The fourth-order valence-corrected chi connectivity index (χ4v) is 2.06. The van der Waals surface area contributed by atoms with Gasteiger partial charge in [-0.1, -0.05) is 23.7 Å². The summed E-state index contributed by atoms with van der Waals surface area (Å²) in [6.07, 6.45) is -5.44. The van der Waals surface area contributed by atoms with Crippen LogP contribution in [0.4, 0.5) is 13.2 Å². The smallest absolute Gasteiger partial charge is 0.375 e. The molecule has 0 aromatic heterocycles. The van der Waals surface area contributed by atoms with Gasteiger partial charge in [0.25, 0.3) is 0 Å². The van der Waals surface area contributed by atoms with Crippen LogP contribution in [0.15, 0.2) is 29.3 Å². The van der Waals surface area contributed by atoms with Crippen LogP contribution in [0.25, 0.3) is 0 Å². The maximum atomic E-state index is 12.2. The van der Waals surface area contributed by atoms with Crippen molar-refractivity contribution in [2.24, 2.45) is 4.99 Å². The number of benzene rings is 1. The van der Waals surface area contributed by atoms with Gasteiger partial charge in [0.15, 0.2) is 5.96 Å². The van der Waals surface area contributed by atoms with Crippen LogP contribution in [0.1, 0.15) is 25.0 Å². The van der Waals surface area contributed by atoms with Gasteiger partial charge in [-0.15, -0.1) is 24.0 Å². The Morgan fingerprint density at radius 2 is 2.04 bits per heavy atom. The van der Waals surface area contributed by atoms with Gasteiger partial charge in [0.2, 0.25) is 0 Å². The van der Waals surface area contributed by atoms with Crippen molar-refractivity contribution in [1.29, 1.82) is 0 Å². The molecule has 0 aliphatic rings. The highest BCUT2D eigenvalue weighted by molar-refractivity contribution is 14.0. The topological polar surface area (TPSA) is 45.7 Å². The molecule has 0 amide bonds. The van der Waals surface area contributed by atoms with Gasteiger partial charge in [0.1, 0.15) is 6.10 Å². The molecule has 9 heteroatoms. The van der Waals surface area contributed by atoms with Gasteiger partial charge in [0, 0.05) is 25.2 Å². The third-order valence-corrected chi connectivity index (χ3v) is 3.20. The summed E-state index contributed by atoms with van der Waals surface area (Å²) in [5, 5.41) is 6.14. The van der Waals surface area contributed by atoms with E-state index in [-0.39, 0.29) is 43.2 Å². The molecule has 138 valence electrons. The standard InChI is InChI=1S/C15H21ClF3N3O.HI/c1-3-20-14(21-8-7-15(17,18)19)22-10-13(23-2)11-5-4-6-12(16)9-11;/h4-6,9,13H,3,7-8,10H2,1-2H3,(H2,20,21,22);1H. The molecule has 1 aromatic rings. The summed E-state index contributed by atoms with van der Waals surface area (Å²) < 4.78 is 41.9. The Hall–Kier alpha value is -0.740. The maximum absolute atomic E-state index is 12.2. The van der Waals surface area contributed by atoms with Crippen LogP contribution < -0.4 is 10.6 Å². The van der Waals surface area contributed by atoms with Gasteiger partial charge in [0.05, 0.1) is 13.0 Å². The van der Waals surface area contributed by atoms with Crippen molar-refractivity contribution in [3.05, 3.63) is 34.9 Å². The second-order valence-corrected chi connectivity index (χ2v) is 5.23. The van der Waals surface area contributed by atoms with Gasteiger partial charge in [-0.25, -0.2) is 0 Å². The number of hydrogen-bond donors (Lipinski definition) is 2. The van der Waals surface area contributed by atoms with E-state index in [0.717, 1.165) is 5.56 Å². The lowest BCUT2D eigenvalue weighted by Gasteiger charge is -2.16. The van der Waals surface area contributed by atoms with E-state index in [2.05, 4.69) is 15.6 Å². The lowest BCUT2D eigenvalue weighted by molar-refractivity contribution is -0.132. The van der Waals surface area contributed by atoms with Crippen LogP contribution in [-0.4, -0.2) is 38.9 Å². The number of methoxy groups -OCH3 is 1. The third-order valence-electron chi connectivity index (χ3n) is 2.97. The molecule has 0 aliphatic heterocycles. The first-order chi connectivity index (χ1) is 10.9. The zero-order valence-corrected chi connectivity index (χ0v) is 16.6. The van der Waals surface area contributed by atoms with Gasteiger partial charge in [-0.3, -0.25) is 4.99 Å². The Morgan fingerprint density at radius 1 is 1.33 bits per heavy atom. The normalized spacial score (nSPS) is 13.2. The van der Waals surface area contributed by atoms with Gasteiger partial charge in [-0.05, 0) is 24.6 Å². The molecule has 24 heavy (non-hydrogen) atoms. The highest BCUT2D eigenvalue weighted by Crippen LogP contribution is 2.21. The summed E-state index contributed by atoms with van der Waals surface area (Å²) in [7, 11) is 1.55. The predicted molar refractivity (Wildman–Crippen MR) is 101 cm³/mol. The molecule has 0 bridgehead atoms. The molecule has 1 rings (SSSR count). The minimum Gasteiger partial charge on any atom is -0.375 e. The van der Waals surface area contributed by atoms with Gasteiger partial charge in [-0.2, -0.15) is 13.2 Å². The van der Waals surface area contributed by atoms with E-state index >= 15 is 0 Å². The van der Waals surface area contributed by atoms with Crippen molar-refractivity contribution in [2.75, 3.05) is 26.7 Å². The van der Waals surface area contributed by atoms with Crippen molar-refractivity contribution in [3.8, 4) is 0 Å². The molecule has 1 atom stereocenters. The molecule has 4 nitrogen and oxygen atoms in total. The predicted octanol–water partition coefficient (Wildman–Crippen LogP) is 4.15. The van der Waals surface area contributed by atoms with Crippen molar-refractivity contribution >= 4 is 41.5 Å². The molecular formula is C15H22ClF3IN3O. The number of halogens is 5. The first-order valence-electron chi connectivity index (χ1n) is 7.23. The number of hydrogen-bond acceptors (Lipinski definition) is 2. The second kappa shape index (κ2) is 11.8. The Kier molecular flexibility index (Phi) is 11.4. The van der Waals surface area contributed by atoms with E-state index in [1.54, 1.807) is 25.3 Å². The van der Waals surface area contributed by atoms with Crippen LogP contribution in [0.2, 0.25) is 5.02 Å². The Labute approximate surface area is 162 Å². The average Bonchev–Trinajstić information content (AvgIpc) is 2.46. The van der Waals surface area contributed by atoms with E-state index in [4.69, 9.17) is 16.3 Å². The molecule has 0 radical (unpaired) electrons. The molecule has 1 unspecified atom stereocenters. The summed E-state index contributed by atoms with van der Waals surface area (Å²) in [6, 6.07) is 7.19. The molecule has 2 N–H and O–H groups in total. The third kappa shape index (κ3) is 9.53. The minimum atomic E-state index is -4.19. The van der Waals surface area contributed by atoms with Gasteiger partial charge < -0.3 is 15.4 Å². The summed E-state index contributed by atoms with van der Waals surface area (Å²) in [4.78, 5) is 4.27. The first kappa shape index (κ1) is 23.3. The van der Waals surface area contributed by atoms with Crippen LogP contribution in [0.5, 0.6) is 0 Å². The molecular weight excluding hydrogens is 458 g/mol. The number of ether oxygens (including phenoxy) is 1. The largest absolute Gasteiger partial charge is 0.390 e. The van der Waals surface area contributed by atoms with Crippen molar-refractivity contribution in [3.63, 3.8) is 0 Å². The van der Waals surface area contributed by atoms with Crippen LogP contribution in [0, 0.1) is 0 Å². The monoisotopic (exact) mass is 479 g/mol. The van der Waals surface area contributed by atoms with E-state index in [0.29, 0.717) is 17.5 Å². The lowest BCUT2D eigenvalue weighted by Crippen LogP contribution is -2.39.